The van der Waals surface area contributed by atoms with Gasteiger partial charge in [-0.3, -0.25) is 24.5 Å². The topological polar surface area (TPSA) is 122 Å². The second kappa shape index (κ2) is 9.99. The van der Waals surface area contributed by atoms with Crippen molar-refractivity contribution in [1.82, 2.24) is 5.32 Å². The zero-order valence-electron chi connectivity index (χ0n) is 21.7. The average molecular weight is 529 g/mol. The number of amides is 2. The van der Waals surface area contributed by atoms with Gasteiger partial charge in [0.15, 0.2) is 17.3 Å². The van der Waals surface area contributed by atoms with E-state index in [4.69, 9.17) is 9.47 Å². The number of carbonyl (C=O) groups excluding carboxylic acids is 3. The van der Waals surface area contributed by atoms with Crippen LogP contribution in [-0.2, 0) is 21.0 Å². The molecule has 0 aromatic heterocycles. The number of imide groups is 1. The molecule has 2 aliphatic rings. The molecule has 39 heavy (non-hydrogen) atoms. The smallest absolute Gasteiger partial charge is 0.324 e. The number of anilines is 1. The van der Waals surface area contributed by atoms with Gasteiger partial charge >= 0.3 is 5.97 Å². The quantitative estimate of drug-likeness (QED) is 0.335. The normalized spacial score (nSPS) is 24.0. The molecule has 2 fully saturated rings. The molecule has 2 N–H and O–H groups in total. The average Bonchev–Trinajstić information content (AvgIpc) is 3.40. The molecule has 5 rings (SSSR count). The van der Waals surface area contributed by atoms with E-state index < -0.39 is 41.2 Å². The van der Waals surface area contributed by atoms with Crippen molar-refractivity contribution in [3.8, 4) is 11.5 Å². The molecule has 0 radical (unpaired) electrons. The molecule has 2 heterocycles. The van der Waals surface area contributed by atoms with Crippen LogP contribution in [0.15, 0.2) is 72.8 Å². The highest BCUT2D eigenvalue weighted by atomic mass is 16.5. The van der Waals surface area contributed by atoms with Gasteiger partial charge in [0.1, 0.15) is 12.1 Å². The zero-order chi connectivity index (χ0) is 27.9. The third-order valence-electron chi connectivity index (χ3n) is 7.55. The lowest BCUT2D eigenvalue weighted by atomic mass is 9.80. The van der Waals surface area contributed by atoms with E-state index in [2.05, 4.69) is 5.32 Å². The first kappa shape index (κ1) is 26.1. The van der Waals surface area contributed by atoms with Gasteiger partial charge in [0.2, 0.25) is 11.8 Å². The zero-order valence-corrected chi connectivity index (χ0v) is 21.7. The van der Waals surface area contributed by atoms with Gasteiger partial charge in [0.25, 0.3) is 0 Å². The Labute approximate surface area is 225 Å². The Balaban J connectivity index is 1.57. The van der Waals surface area contributed by atoms with E-state index in [-0.39, 0.29) is 18.1 Å². The minimum atomic E-state index is -1.73. The minimum Gasteiger partial charge on any atom is -0.493 e. The van der Waals surface area contributed by atoms with Gasteiger partial charge in [-0.2, -0.15) is 0 Å². The molecule has 9 heteroatoms. The largest absolute Gasteiger partial charge is 0.493 e. The summed E-state index contributed by atoms with van der Waals surface area (Å²) < 4.78 is 11.7. The second-order valence-electron chi connectivity index (χ2n) is 9.90. The molecule has 3 aromatic carbocycles. The highest BCUT2D eigenvalue weighted by Crippen LogP contribution is 2.52. The molecule has 0 aliphatic carbocycles. The maximum atomic E-state index is 13.9. The van der Waals surface area contributed by atoms with Crippen LogP contribution >= 0.6 is 0 Å². The maximum Gasteiger partial charge on any atom is 0.324 e. The number of Topliss-reactive ketones (excluding diaryl/α,β-unsaturated/α-hetero) is 1. The summed E-state index contributed by atoms with van der Waals surface area (Å²) in [6.45, 7) is 3.06. The Morgan fingerprint density at radius 2 is 1.67 bits per heavy atom. The Bertz CT molecular complexity index is 1450. The third-order valence-corrected chi connectivity index (χ3v) is 7.55. The van der Waals surface area contributed by atoms with Crippen LogP contribution in [0.2, 0.25) is 0 Å². The molecule has 200 valence electrons. The first-order chi connectivity index (χ1) is 18.7. The highest BCUT2D eigenvalue weighted by molar-refractivity contribution is 6.24. The molecule has 4 unspecified atom stereocenters. The molecule has 2 saturated heterocycles. The van der Waals surface area contributed by atoms with Gasteiger partial charge in [-0.25, -0.2) is 4.90 Å². The van der Waals surface area contributed by atoms with Gasteiger partial charge in [0.05, 0.1) is 24.6 Å². The molecule has 0 saturated carbocycles. The number of carboxylic acids is 1. The minimum absolute atomic E-state index is 0.152. The van der Waals surface area contributed by atoms with Crippen LogP contribution in [0.3, 0.4) is 0 Å². The van der Waals surface area contributed by atoms with E-state index in [0.29, 0.717) is 22.6 Å². The fourth-order valence-corrected chi connectivity index (χ4v) is 5.52. The summed E-state index contributed by atoms with van der Waals surface area (Å²) in [6, 6.07) is 20.0. The molecular weight excluding hydrogens is 500 g/mol. The van der Waals surface area contributed by atoms with Crippen LogP contribution < -0.4 is 19.7 Å². The predicted molar refractivity (Wildman–Crippen MR) is 142 cm³/mol. The van der Waals surface area contributed by atoms with Crippen molar-refractivity contribution in [2.75, 3.05) is 12.0 Å². The van der Waals surface area contributed by atoms with E-state index in [1.165, 1.54) is 45.2 Å². The summed E-state index contributed by atoms with van der Waals surface area (Å²) in [4.78, 5) is 52.9. The molecular formula is C30H28N2O7. The van der Waals surface area contributed by atoms with Gasteiger partial charge in [0, 0.05) is 17.2 Å². The van der Waals surface area contributed by atoms with E-state index in [1.807, 2.05) is 30.3 Å². The highest BCUT2D eigenvalue weighted by Gasteiger charge is 2.67. The number of aliphatic carboxylic acids is 1. The van der Waals surface area contributed by atoms with Crippen molar-refractivity contribution in [2.24, 2.45) is 11.8 Å². The second-order valence-corrected chi connectivity index (χ2v) is 9.90. The van der Waals surface area contributed by atoms with Crippen LogP contribution in [0.25, 0.3) is 0 Å². The summed E-state index contributed by atoms with van der Waals surface area (Å²) in [6.07, 6.45) is 0. The van der Waals surface area contributed by atoms with Crippen molar-refractivity contribution in [1.29, 1.82) is 0 Å². The van der Waals surface area contributed by atoms with E-state index in [0.717, 1.165) is 10.5 Å². The van der Waals surface area contributed by atoms with Crippen LogP contribution in [0.5, 0.6) is 11.5 Å². The lowest BCUT2D eigenvalue weighted by molar-refractivity contribution is -0.147. The number of rotatable bonds is 8. The first-order valence-electron chi connectivity index (χ1n) is 12.5. The number of nitrogens with zero attached hydrogens (tertiary/aromatic N) is 1. The number of ether oxygens (including phenoxy) is 2. The summed E-state index contributed by atoms with van der Waals surface area (Å²) in [5, 5.41) is 13.3. The lowest BCUT2D eigenvalue weighted by Crippen LogP contribution is -2.53. The molecule has 2 aliphatic heterocycles. The third kappa shape index (κ3) is 4.34. The summed E-state index contributed by atoms with van der Waals surface area (Å²) in [7, 11) is 1.50. The van der Waals surface area contributed by atoms with Crippen molar-refractivity contribution >= 4 is 29.3 Å². The summed E-state index contributed by atoms with van der Waals surface area (Å²) >= 11 is 0. The molecule has 3 aromatic rings. The van der Waals surface area contributed by atoms with E-state index in [9.17, 15) is 24.3 Å². The molecule has 0 bridgehead atoms. The van der Waals surface area contributed by atoms with Crippen LogP contribution in [-0.4, -0.2) is 41.3 Å². The van der Waals surface area contributed by atoms with Crippen LogP contribution in [0.4, 0.5) is 5.69 Å². The van der Waals surface area contributed by atoms with E-state index in [1.54, 1.807) is 18.2 Å². The van der Waals surface area contributed by atoms with Gasteiger partial charge in [-0.1, -0.05) is 42.5 Å². The predicted octanol–water partition coefficient (Wildman–Crippen LogP) is 3.77. The summed E-state index contributed by atoms with van der Waals surface area (Å²) in [5.74, 6) is -3.95. The SMILES string of the molecule is COc1cccc(C2NC(C)(C(=O)O)C3C(=O)N(c4ccc(C(C)=O)cc4)C(=O)C23)c1OCc1ccccc1. The molecule has 4 atom stereocenters. The molecule has 9 nitrogen and oxygen atoms in total. The number of para-hydroxylation sites is 1. The lowest BCUT2D eigenvalue weighted by Gasteiger charge is -2.28. The van der Waals surface area contributed by atoms with Gasteiger partial charge < -0.3 is 14.6 Å². The van der Waals surface area contributed by atoms with Crippen LogP contribution in [0, 0.1) is 11.8 Å². The Kier molecular flexibility index (Phi) is 6.69. The van der Waals surface area contributed by atoms with Crippen molar-refractivity contribution in [3.05, 3.63) is 89.5 Å². The molecule has 0 spiro atoms. The first-order valence-corrected chi connectivity index (χ1v) is 12.5. The van der Waals surface area contributed by atoms with E-state index >= 15 is 0 Å². The van der Waals surface area contributed by atoms with Crippen molar-refractivity contribution in [2.45, 2.75) is 32.0 Å². The Hall–Kier alpha value is -4.50. The Morgan fingerprint density at radius 1 is 0.974 bits per heavy atom. The number of hydrogen-bond acceptors (Lipinski definition) is 7. The van der Waals surface area contributed by atoms with Crippen molar-refractivity contribution < 1.29 is 33.8 Å². The summed E-state index contributed by atoms with van der Waals surface area (Å²) in [5.41, 5.74) is 0.414. The van der Waals surface area contributed by atoms with Gasteiger partial charge in [-0.05, 0) is 49.7 Å². The molecule has 2 amide bonds. The van der Waals surface area contributed by atoms with Crippen molar-refractivity contribution in [3.63, 3.8) is 0 Å². The number of carbonyl (C=O) groups is 4. The number of hydrogen-bond donors (Lipinski definition) is 2. The number of carboxylic acid groups (broad SMARTS) is 1. The van der Waals surface area contributed by atoms with Gasteiger partial charge in [-0.15, -0.1) is 0 Å². The number of methoxy groups -OCH3 is 1. The number of fused-ring (bicyclic) bond motifs is 1. The Morgan fingerprint density at radius 3 is 2.28 bits per heavy atom. The standard InChI is InChI=1S/C30H28N2O7/c1-17(33)19-12-14-20(15-13-19)32-27(34)23-24(28(32)35)30(2,29(36)37)31-25(23)21-10-7-11-22(38-3)26(21)39-16-18-8-5-4-6-9-18/h4-15,23-25,31H,16H2,1-3H3,(H,36,37). The monoisotopic (exact) mass is 528 g/mol. The fraction of sp³-hybridized carbons (Fsp3) is 0.267. The number of ketones is 1. The maximum absolute atomic E-state index is 13.9. The fourth-order valence-electron chi connectivity index (χ4n) is 5.52. The number of nitrogens with one attached hydrogen (secondary N) is 1. The van der Waals surface area contributed by atoms with Crippen LogP contribution in [0.1, 0.15) is 41.4 Å². The number of benzene rings is 3.